The fourth-order valence-corrected chi connectivity index (χ4v) is 5.15. The number of rotatable bonds is 2. The van der Waals surface area contributed by atoms with Crippen LogP contribution in [0.1, 0.15) is 31.9 Å². The molecule has 150 valence electrons. The Hall–Kier alpha value is -2.98. The molecule has 0 saturated heterocycles. The van der Waals surface area contributed by atoms with Gasteiger partial charge in [-0.15, -0.1) is 11.3 Å². The van der Waals surface area contributed by atoms with Crippen molar-refractivity contribution in [1.82, 2.24) is 9.55 Å². The Morgan fingerprint density at radius 1 is 0.933 bits per heavy atom. The van der Waals surface area contributed by atoms with E-state index in [1.54, 1.807) is 11.3 Å². The summed E-state index contributed by atoms with van der Waals surface area (Å²) in [4.78, 5) is 4.57. The van der Waals surface area contributed by atoms with Crippen LogP contribution in [0.3, 0.4) is 0 Å². The van der Waals surface area contributed by atoms with Gasteiger partial charge in [-0.2, -0.15) is 4.57 Å². The average molecular weight is 413 g/mol. The van der Waals surface area contributed by atoms with Gasteiger partial charge in [-0.1, -0.05) is 51.1 Å². The molecule has 3 nitrogen and oxygen atoms in total. The van der Waals surface area contributed by atoms with Gasteiger partial charge in [-0.3, -0.25) is 0 Å². The summed E-state index contributed by atoms with van der Waals surface area (Å²) in [5, 5.41) is 0. The quantitative estimate of drug-likeness (QED) is 0.310. The summed E-state index contributed by atoms with van der Waals surface area (Å²) >= 11 is 1.71. The van der Waals surface area contributed by atoms with Crippen molar-refractivity contribution in [1.29, 1.82) is 0 Å². The minimum Gasteiger partial charge on any atom is -0.245 e. The van der Waals surface area contributed by atoms with Gasteiger partial charge in [-0.25, -0.2) is 9.55 Å². The van der Waals surface area contributed by atoms with E-state index in [2.05, 4.69) is 110 Å². The second kappa shape index (κ2) is 6.78. The minimum absolute atomic E-state index is 0.135. The van der Waals surface area contributed by atoms with Crippen LogP contribution < -0.4 is 4.57 Å². The van der Waals surface area contributed by atoms with E-state index in [1.807, 2.05) is 5.51 Å². The van der Waals surface area contributed by atoms with Gasteiger partial charge in [0.05, 0.1) is 28.3 Å². The Morgan fingerprint density at radius 3 is 2.40 bits per heavy atom. The predicted octanol–water partition coefficient (Wildman–Crippen LogP) is 6.34. The number of hydrogen-bond acceptors (Lipinski definition) is 2. The highest BCUT2D eigenvalue weighted by atomic mass is 32.1. The highest BCUT2D eigenvalue weighted by molar-refractivity contribution is 7.17. The molecule has 0 spiro atoms. The first-order valence-corrected chi connectivity index (χ1v) is 11.2. The number of thiazole rings is 1. The van der Waals surface area contributed by atoms with Crippen LogP contribution in [0.25, 0.3) is 38.3 Å². The minimum atomic E-state index is 0.135. The van der Waals surface area contributed by atoms with Gasteiger partial charge in [0, 0.05) is 0 Å². The summed E-state index contributed by atoms with van der Waals surface area (Å²) in [6.07, 6.45) is 0. The third-order valence-electron chi connectivity index (χ3n) is 5.94. The molecule has 0 fully saturated rings. The Bertz CT molecular complexity index is 1380. The third kappa shape index (κ3) is 2.86. The highest BCUT2D eigenvalue weighted by Gasteiger charge is 2.29. The molecule has 0 bridgehead atoms. The van der Waals surface area contributed by atoms with E-state index < -0.39 is 0 Å². The molecule has 0 radical (unpaired) electrons. The zero-order chi connectivity index (χ0) is 21.0. The maximum atomic E-state index is 4.57. The highest BCUT2D eigenvalue weighted by Crippen LogP contribution is 2.36. The number of imidazole rings is 1. The van der Waals surface area contributed by atoms with Crippen LogP contribution in [0.2, 0.25) is 0 Å². The second-order valence-corrected chi connectivity index (χ2v) is 9.82. The Labute approximate surface area is 181 Å². The van der Waals surface area contributed by atoms with Gasteiger partial charge in [0.25, 0.3) is 5.82 Å². The molecule has 0 N–H and O–H groups in total. The molecule has 4 heteroatoms. The summed E-state index contributed by atoms with van der Waals surface area (Å²) in [5.74, 6) is 1.19. The Kier molecular flexibility index (Phi) is 4.30. The summed E-state index contributed by atoms with van der Waals surface area (Å²) in [6.45, 7) is 8.96. The topological polar surface area (TPSA) is 21.7 Å². The molecule has 2 aromatic heterocycles. The first-order valence-electron chi connectivity index (χ1n) is 10.3. The largest absolute Gasteiger partial charge is 0.296 e. The monoisotopic (exact) mass is 412 g/mol. The lowest BCUT2D eigenvalue weighted by Gasteiger charge is -2.18. The second-order valence-electron chi connectivity index (χ2n) is 8.96. The normalized spacial score (nSPS) is 12.2. The van der Waals surface area contributed by atoms with Crippen molar-refractivity contribution in [2.75, 3.05) is 0 Å². The molecule has 0 saturated carbocycles. The van der Waals surface area contributed by atoms with Gasteiger partial charge >= 0.3 is 0 Å². The molecule has 5 rings (SSSR count). The lowest BCUT2D eigenvalue weighted by molar-refractivity contribution is -0.633. The molecule has 0 amide bonds. The van der Waals surface area contributed by atoms with Gasteiger partial charge in [-0.05, 0) is 53.8 Å². The standard InChI is InChI=1S/C26H26N3S/c1-17-10-15-20-24(30-16-27-20)23(17)25-28(5)21-8-6-7-9-22(21)29(25)19-13-11-18(12-14-19)26(2,3)4/h6-16H,1-5H3/q+1. The van der Waals surface area contributed by atoms with E-state index in [0.717, 1.165) is 5.52 Å². The smallest absolute Gasteiger partial charge is 0.245 e. The van der Waals surface area contributed by atoms with Crippen molar-refractivity contribution in [3.63, 3.8) is 0 Å². The van der Waals surface area contributed by atoms with E-state index in [9.17, 15) is 0 Å². The number of para-hydroxylation sites is 2. The molecule has 0 aliphatic rings. The summed E-state index contributed by atoms with van der Waals surface area (Å²) in [7, 11) is 2.16. The molecule has 0 atom stereocenters. The molecule has 0 aliphatic carbocycles. The summed E-state index contributed by atoms with van der Waals surface area (Å²) in [5.41, 5.74) is 10.6. The van der Waals surface area contributed by atoms with Crippen LogP contribution in [0, 0.1) is 6.92 Å². The number of benzene rings is 3. The Morgan fingerprint density at radius 2 is 1.67 bits per heavy atom. The first-order chi connectivity index (χ1) is 14.4. The van der Waals surface area contributed by atoms with E-state index in [0.29, 0.717) is 0 Å². The maximum Gasteiger partial charge on any atom is 0.296 e. The molecule has 2 heterocycles. The summed E-state index contributed by atoms with van der Waals surface area (Å²) in [6, 6.07) is 21.9. The molecule has 3 aromatic carbocycles. The van der Waals surface area contributed by atoms with E-state index in [4.69, 9.17) is 0 Å². The van der Waals surface area contributed by atoms with Gasteiger partial charge in [0.1, 0.15) is 5.69 Å². The number of nitrogens with zero attached hydrogens (tertiary/aromatic N) is 3. The van der Waals surface area contributed by atoms with Crippen LogP contribution in [-0.4, -0.2) is 9.55 Å². The third-order valence-corrected chi connectivity index (χ3v) is 6.80. The molecular formula is C26H26N3S+. The van der Waals surface area contributed by atoms with Crippen LogP contribution in [0.4, 0.5) is 0 Å². The van der Waals surface area contributed by atoms with Crippen molar-refractivity contribution in [3.05, 3.63) is 77.3 Å². The Balaban J connectivity index is 1.87. The lowest BCUT2D eigenvalue weighted by atomic mass is 9.87. The SMILES string of the molecule is Cc1ccc2ncsc2c1-c1n(-c2ccc(C(C)(C)C)cc2)c2ccccc2[n+]1C. The maximum absolute atomic E-state index is 4.57. The van der Waals surface area contributed by atoms with Crippen LogP contribution in [0.15, 0.2) is 66.2 Å². The van der Waals surface area contributed by atoms with E-state index in [1.165, 1.54) is 43.9 Å². The number of hydrogen-bond donors (Lipinski definition) is 0. The van der Waals surface area contributed by atoms with E-state index in [-0.39, 0.29) is 5.41 Å². The van der Waals surface area contributed by atoms with Crippen molar-refractivity contribution in [2.45, 2.75) is 33.1 Å². The van der Waals surface area contributed by atoms with Crippen molar-refractivity contribution >= 4 is 32.6 Å². The van der Waals surface area contributed by atoms with Gasteiger partial charge in [0.2, 0.25) is 0 Å². The van der Waals surface area contributed by atoms with Crippen molar-refractivity contribution in [2.24, 2.45) is 7.05 Å². The zero-order valence-corrected chi connectivity index (χ0v) is 18.9. The fraction of sp³-hybridized carbons (Fsp3) is 0.231. The molecular weight excluding hydrogens is 386 g/mol. The van der Waals surface area contributed by atoms with Crippen LogP contribution >= 0.6 is 11.3 Å². The van der Waals surface area contributed by atoms with Gasteiger partial charge < -0.3 is 0 Å². The van der Waals surface area contributed by atoms with Crippen LogP contribution in [-0.2, 0) is 12.5 Å². The molecule has 5 aromatic rings. The van der Waals surface area contributed by atoms with Crippen molar-refractivity contribution in [3.8, 4) is 17.1 Å². The fourth-order valence-electron chi connectivity index (χ4n) is 4.27. The summed E-state index contributed by atoms with van der Waals surface area (Å²) < 4.78 is 5.94. The lowest BCUT2D eigenvalue weighted by Crippen LogP contribution is -2.30. The van der Waals surface area contributed by atoms with E-state index >= 15 is 0 Å². The average Bonchev–Trinajstić information content (AvgIpc) is 3.31. The number of aryl methyl sites for hydroxylation is 2. The zero-order valence-electron chi connectivity index (χ0n) is 18.1. The molecule has 0 unspecified atom stereocenters. The molecule has 30 heavy (non-hydrogen) atoms. The van der Waals surface area contributed by atoms with Gasteiger partial charge in [0.15, 0.2) is 11.0 Å². The number of aromatic nitrogens is 3. The first kappa shape index (κ1) is 19.0. The molecule has 0 aliphatic heterocycles. The van der Waals surface area contributed by atoms with Crippen LogP contribution in [0.5, 0.6) is 0 Å². The predicted molar refractivity (Wildman–Crippen MR) is 127 cm³/mol. The van der Waals surface area contributed by atoms with Crippen molar-refractivity contribution < 1.29 is 4.57 Å². The number of fused-ring (bicyclic) bond motifs is 2.